The topological polar surface area (TPSA) is 89.8 Å². The normalized spacial score (nSPS) is 10.6. The molecule has 0 radical (unpaired) electrons. The number of benzene rings is 2. The molecule has 7 nitrogen and oxygen atoms in total. The number of rotatable bonds is 8. The minimum Gasteiger partial charge on any atom is -0.494 e. The first kappa shape index (κ1) is 20.6. The van der Waals surface area contributed by atoms with Crippen LogP contribution in [0.25, 0.3) is 6.08 Å². The Labute approximate surface area is 164 Å². The van der Waals surface area contributed by atoms with E-state index in [4.69, 9.17) is 18.9 Å². The van der Waals surface area contributed by atoms with Crippen LogP contribution in [0.2, 0.25) is 0 Å². The van der Waals surface area contributed by atoms with E-state index in [-0.39, 0.29) is 5.57 Å². The third-order valence-corrected chi connectivity index (χ3v) is 3.77. The fourth-order valence-corrected chi connectivity index (χ4v) is 2.53. The zero-order valence-corrected chi connectivity index (χ0v) is 16.2. The largest absolute Gasteiger partial charge is 0.494 e. The predicted molar refractivity (Wildman–Crippen MR) is 106 cm³/mol. The molecule has 7 heteroatoms. The SMILES string of the molecule is CCOc1cccc(NC(=O)/C(C#N)=C\c2cc(OC)c(OC)c(OC)c2)c1. The summed E-state index contributed by atoms with van der Waals surface area (Å²) in [6.45, 7) is 2.39. The molecule has 0 atom stereocenters. The van der Waals surface area contributed by atoms with Crippen molar-refractivity contribution in [2.24, 2.45) is 0 Å². The fourth-order valence-electron chi connectivity index (χ4n) is 2.53. The van der Waals surface area contributed by atoms with Gasteiger partial charge in [0.1, 0.15) is 17.4 Å². The molecule has 0 saturated heterocycles. The average molecular weight is 382 g/mol. The van der Waals surface area contributed by atoms with Gasteiger partial charge in [0.2, 0.25) is 5.75 Å². The third-order valence-electron chi connectivity index (χ3n) is 3.77. The molecule has 0 heterocycles. The number of anilines is 1. The molecule has 2 aromatic carbocycles. The van der Waals surface area contributed by atoms with Gasteiger partial charge in [0.05, 0.1) is 27.9 Å². The highest BCUT2D eigenvalue weighted by atomic mass is 16.5. The van der Waals surface area contributed by atoms with Crippen molar-refractivity contribution in [3.05, 3.63) is 47.5 Å². The molecular weight excluding hydrogens is 360 g/mol. The van der Waals surface area contributed by atoms with Crippen LogP contribution >= 0.6 is 0 Å². The second kappa shape index (κ2) is 9.88. The molecule has 0 aliphatic carbocycles. The summed E-state index contributed by atoms with van der Waals surface area (Å²) in [5, 5.41) is 12.1. The lowest BCUT2D eigenvalue weighted by molar-refractivity contribution is -0.112. The molecule has 0 aliphatic heterocycles. The van der Waals surface area contributed by atoms with E-state index in [1.54, 1.807) is 36.4 Å². The van der Waals surface area contributed by atoms with Gasteiger partial charge in [0.15, 0.2) is 11.5 Å². The Morgan fingerprint density at radius 1 is 1.11 bits per heavy atom. The first-order valence-corrected chi connectivity index (χ1v) is 8.52. The zero-order valence-electron chi connectivity index (χ0n) is 16.2. The molecule has 146 valence electrons. The van der Waals surface area contributed by atoms with E-state index < -0.39 is 5.91 Å². The van der Waals surface area contributed by atoms with E-state index in [9.17, 15) is 10.1 Å². The third kappa shape index (κ3) is 4.95. The van der Waals surface area contributed by atoms with Crippen LogP contribution in [0.15, 0.2) is 42.0 Å². The van der Waals surface area contributed by atoms with E-state index >= 15 is 0 Å². The van der Waals surface area contributed by atoms with E-state index in [1.165, 1.54) is 27.4 Å². The summed E-state index contributed by atoms with van der Waals surface area (Å²) in [6.07, 6.45) is 1.45. The Morgan fingerprint density at radius 3 is 2.32 bits per heavy atom. The minimum absolute atomic E-state index is 0.0731. The molecule has 28 heavy (non-hydrogen) atoms. The first-order chi connectivity index (χ1) is 13.6. The van der Waals surface area contributed by atoms with Gasteiger partial charge in [-0.1, -0.05) is 6.07 Å². The van der Waals surface area contributed by atoms with Gasteiger partial charge in [-0.3, -0.25) is 4.79 Å². The summed E-state index contributed by atoms with van der Waals surface area (Å²) < 4.78 is 21.3. The number of ether oxygens (including phenoxy) is 4. The highest BCUT2D eigenvalue weighted by Gasteiger charge is 2.15. The van der Waals surface area contributed by atoms with E-state index in [0.29, 0.717) is 40.9 Å². The summed E-state index contributed by atoms with van der Waals surface area (Å²) in [6, 6.07) is 12.2. The van der Waals surface area contributed by atoms with Crippen molar-refractivity contribution in [3.8, 4) is 29.1 Å². The molecule has 0 saturated carbocycles. The smallest absolute Gasteiger partial charge is 0.266 e. The van der Waals surface area contributed by atoms with Crippen LogP contribution in [0.3, 0.4) is 0 Å². The number of hydrogen-bond donors (Lipinski definition) is 1. The lowest BCUT2D eigenvalue weighted by atomic mass is 10.1. The molecule has 0 unspecified atom stereocenters. The zero-order chi connectivity index (χ0) is 20.5. The van der Waals surface area contributed by atoms with Crippen molar-refractivity contribution in [1.82, 2.24) is 0 Å². The fraction of sp³-hybridized carbons (Fsp3) is 0.238. The van der Waals surface area contributed by atoms with E-state index in [2.05, 4.69) is 5.32 Å². The molecule has 2 rings (SSSR count). The van der Waals surface area contributed by atoms with Gasteiger partial charge >= 0.3 is 0 Å². The number of carbonyl (C=O) groups is 1. The molecule has 1 N–H and O–H groups in total. The second-order valence-corrected chi connectivity index (χ2v) is 5.54. The van der Waals surface area contributed by atoms with Crippen LogP contribution in [0.4, 0.5) is 5.69 Å². The van der Waals surface area contributed by atoms with Crippen LogP contribution in [-0.4, -0.2) is 33.8 Å². The number of methoxy groups -OCH3 is 3. The maximum atomic E-state index is 12.5. The summed E-state index contributed by atoms with van der Waals surface area (Å²) in [7, 11) is 4.49. The maximum absolute atomic E-state index is 12.5. The summed E-state index contributed by atoms with van der Waals surface area (Å²) in [5.41, 5.74) is 1.02. The number of carbonyl (C=O) groups excluding carboxylic acids is 1. The van der Waals surface area contributed by atoms with Crippen molar-refractivity contribution in [1.29, 1.82) is 5.26 Å². The van der Waals surface area contributed by atoms with Gasteiger partial charge < -0.3 is 24.3 Å². The second-order valence-electron chi connectivity index (χ2n) is 5.54. The number of amides is 1. The van der Waals surface area contributed by atoms with Gasteiger partial charge in [0, 0.05) is 11.8 Å². The quantitative estimate of drug-likeness (QED) is 0.554. The minimum atomic E-state index is -0.537. The van der Waals surface area contributed by atoms with Crippen molar-refractivity contribution in [2.45, 2.75) is 6.92 Å². The molecule has 0 bridgehead atoms. The van der Waals surface area contributed by atoms with Gasteiger partial charge in [-0.2, -0.15) is 5.26 Å². The molecule has 1 amide bonds. The Bertz CT molecular complexity index is 890. The van der Waals surface area contributed by atoms with Crippen LogP contribution < -0.4 is 24.3 Å². The monoisotopic (exact) mass is 382 g/mol. The van der Waals surface area contributed by atoms with Crippen molar-refractivity contribution < 1.29 is 23.7 Å². The number of nitriles is 1. The standard InChI is InChI=1S/C21H22N2O5/c1-5-28-17-8-6-7-16(12-17)23-21(24)15(13-22)9-14-10-18(25-2)20(27-4)19(11-14)26-3/h6-12H,5H2,1-4H3,(H,23,24)/b15-9-. The van der Waals surface area contributed by atoms with Crippen LogP contribution in [0.5, 0.6) is 23.0 Å². The van der Waals surface area contributed by atoms with Gasteiger partial charge in [-0.25, -0.2) is 0 Å². The number of nitrogens with one attached hydrogen (secondary N) is 1. The van der Waals surface area contributed by atoms with Gasteiger partial charge in [0.25, 0.3) is 5.91 Å². The maximum Gasteiger partial charge on any atom is 0.266 e. The van der Waals surface area contributed by atoms with Crippen molar-refractivity contribution in [2.75, 3.05) is 33.3 Å². The summed E-state index contributed by atoms with van der Waals surface area (Å²) >= 11 is 0. The lowest BCUT2D eigenvalue weighted by Gasteiger charge is -2.13. The van der Waals surface area contributed by atoms with Crippen LogP contribution in [0.1, 0.15) is 12.5 Å². The Hall–Kier alpha value is -3.66. The van der Waals surface area contributed by atoms with Crippen LogP contribution in [0, 0.1) is 11.3 Å². The van der Waals surface area contributed by atoms with E-state index in [1.807, 2.05) is 13.0 Å². The predicted octanol–water partition coefficient (Wildman–Crippen LogP) is 3.66. The van der Waals surface area contributed by atoms with E-state index in [0.717, 1.165) is 0 Å². The van der Waals surface area contributed by atoms with Gasteiger partial charge in [-0.15, -0.1) is 0 Å². The van der Waals surface area contributed by atoms with Crippen molar-refractivity contribution in [3.63, 3.8) is 0 Å². The van der Waals surface area contributed by atoms with Crippen LogP contribution in [-0.2, 0) is 4.79 Å². The average Bonchev–Trinajstić information content (AvgIpc) is 2.71. The van der Waals surface area contributed by atoms with Crippen molar-refractivity contribution >= 4 is 17.7 Å². The molecule has 2 aromatic rings. The highest BCUT2D eigenvalue weighted by Crippen LogP contribution is 2.38. The Kier molecular flexibility index (Phi) is 7.28. The Morgan fingerprint density at radius 2 is 1.79 bits per heavy atom. The molecule has 0 aliphatic rings. The summed E-state index contributed by atoms with van der Waals surface area (Å²) in [5.74, 6) is 1.38. The van der Waals surface area contributed by atoms with Gasteiger partial charge in [-0.05, 0) is 42.8 Å². The first-order valence-electron chi connectivity index (χ1n) is 8.52. The molecule has 0 aromatic heterocycles. The molecule has 0 fully saturated rings. The Balaban J connectivity index is 2.31. The molecular formula is C21H22N2O5. The molecule has 0 spiro atoms. The number of nitrogens with zero attached hydrogens (tertiary/aromatic N) is 1. The highest BCUT2D eigenvalue weighted by molar-refractivity contribution is 6.09. The lowest BCUT2D eigenvalue weighted by Crippen LogP contribution is -2.13. The summed E-state index contributed by atoms with van der Waals surface area (Å²) in [4.78, 5) is 12.5. The number of hydrogen-bond acceptors (Lipinski definition) is 6.